The highest BCUT2D eigenvalue weighted by Crippen LogP contribution is 2.16. The summed E-state index contributed by atoms with van der Waals surface area (Å²) in [6.45, 7) is 0. The average Bonchev–Trinajstić information content (AvgIpc) is 2.04. The van der Waals surface area contributed by atoms with Gasteiger partial charge in [0.05, 0.1) is 4.92 Å². The van der Waals surface area contributed by atoms with Crippen LogP contribution in [0.15, 0.2) is 24.3 Å². The van der Waals surface area contributed by atoms with Gasteiger partial charge in [0.15, 0.2) is 6.29 Å². The summed E-state index contributed by atoms with van der Waals surface area (Å²) in [5.41, 5.74) is -0.0372. The molecule has 0 aliphatic heterocycles. The van der Waals surface area contributed by atoms with Crippen molar-refractivity contribution in [2.24, 2.45) is 0 Å². The molecule has 0 bridgehead atoms. The Morgan fingerprint density at radius 2 is 2.08 bits per heavy atom. The van der Waals surface area contributed by atoms with Gasteiger partial charge in [-0.15, -0.1) is 0 Å². The zero-order valence-corrected chi connectivity index (χ0v) is 6.04. The number of nitrogens with zero attached hydrogens (tertiary/aromatic N) is 1. The lowest BCUT2D eigenvalue weighted by Crippen LogP contribution is -1.96. The van der Waals surface area contributed by atoms with Crippen LogP contribution < -0.4 is 0 Å². The molecule has 0 radical (unpaired) electrons. The molecule has 2 N–H and O–H groups in total. The highest BCUT2D eigenvalue weighted by atomic mass is 16.6. The molecule has 12 heavy (non-hydrogen) atoms. The first kappa shape index (κ1) is 8.63. The van der Waals surface area contributed by atoms with Crippen molar-refractivity contribution < 1.29 is 15.1 Å². The molecule has 0 atom stereocenters. The van der Waals surface area contributed by atoms with E-state index in [1.54, 1.807) is 0 Å². The summed E-state index contributed by atoms with van der Waals surface area (Å²) in [6.07, 6.45) is -1.66. The normalized spacial score (nSPS) is 10.2. The van der Waals surface area contributed by atoms with Crippen LogP contribution >= 0.6 is 0 Å². The Morgan fingerprint density at radius 3 is 2.58 bits per heavy atom. The molecule has 0 heterocycles. The van der Waals surface area contributed by atoms with E-state index in [9.17, 15) is 10.1 Å². The van der Waals surface area contributed by atoms with Gasteiger partial charge in [-0.25, -0.2) is 0 Å². The molecule has 0 amide bonds. The summed E-state index contributed by atoms with van der Waals surface area (Å²) in [5.74, 6) is 0. The summed E-state index contributed by atoms with van der Waals surface area (Å²) in [6, 6.07) is 5.20. The number of aliphatic hydroxyl groups excluding tert-OH is 1. The molecule has 0 saturated carbocycles. The second kappa shape index (κ2) is 3.29. The quantitative estimate of drug-likeness (QED) is 0.385. The maximum Gasteiger partial charge on any atom is 0.269 e. The van der Waals surface area contributed by atoms with Gasteiger partial charge in [-0.1, -0.05) is 12.1 Å². The number of nitro groups is 1. The number of hydrogen-bond donors (Lipinski definition) is 2. The fraction of sp³-hybridized carbons (Fsp3) is 0.143. The fourth-order valence-corrected chi connectivity index (χ4v) is 0.799. The van der Waals surface area contributed by atoms with E-state index in [0.29, 0.717) is 0 Å². The van der Waals surface area contributed by atoms with Crippen LogP contribution in [0, 0.1) is 10.1 Å². The van der Waals surface area contributed by atoms with Crippen molar-refractivity contribution in [1.82, 2.24) is 0 Å². The number of aliphatic hydroxyl groups is 2. The van der Waals surface area contributed by atoms with Crippen molar-refractivity contribution >= 4 is 5.69 Å². The van der Waals surface area contributed by atoms with Gasteiger partial charge in [0.25, 0.3) is 5.69 Å². The van der Waals surface area contributed by atoms with E-state index in [1.807, 2.05) is 0 Å². The minimum atomic E-state index is -1.66. The van der Waals surface area contributed by atoms with Crippen LogP contribution in [0.1, 0.15) is 11.9 Å². The highest BCUT2D eigenvalue weighted by Gasteiger charge is 2.08. The molecule has 64 valence electrons. The Morgan fingerprint density at radius 1 is 1.42 bits per heavy atom. The zero-order chi connectivity index (χ0) is 9.14. The molecule has 0 aliphatic rings. The van der Waals surface area contributed by atoms with Crippen molar-refractivity contribution in [3.05, 3.63) is 39.9 Å². The third kappa shape index (κ3) is 1.77. The largest absolute Gasteiger partial charge is 0.364 e. The van der Waals surface area contributed by atoms with Crippen LogP contribution in [-0.2, 0) is 0 Å². The van der Waals surface area contributed by atoms with Crippen molar-refractivity contribution in [1.29, 1.82) is 0 Å². The van der Waals surface area contributed by atoms with Crippen LogP contribution in [0.4, 0.5) is 5.69 Å². The molecule has 0 spiro atoms. The number of benzene rings is 1. The Balaban J connectivity index is 3.04. The summed E-state index contributed by atoms with van der Waals surface area (Å²) in [5, 5.41) is 27.5. The minimum absolute atomic E-state index is 0.115. The molecule has 5 heteroatoms. The van der Waals surface area contributed by atoms with E-state index in [0.717, 1.165) is 6.07 Å². The topological polar surface area (TPSA) is 83.6 Å². The van der Waals surface area contributed by atoms with Gasteiger partial charge in [-0.2, -0.15) is 0 Å². The van der Waals surface area contributed by atoms with Gasteiger partial charge in [0.2, 0.25) is 0 Å². The molecule has 1 rings (SSSR count). The molecule has 0 aromatic heterocycles. The Hall–Kier alpha value is -1.46. The standard InChI is InChI=1S/C7H7NO4/c9-7(10)5-2-1-3-6(4-5)8(11)12/h1-4,7,9-10H. The van der Waals surface area contributed by atoms with Crippen molar-refractivity contribution in [2.75, 3.05) is 0 Å². The number of hydrogen-bond acceptors (Lipinski definition) is 4. The van der Waals surface area contributed by atoms with Gasteiger partial charge in [0.1, 0.15) is 0 Å². The SMILES string of the molecule is O=[N+]([O-])c1cccc(C(O)O)c1. The molecule has 5 nitrogen and oxygen atoms in total. The predicted octanol–water partition coefficient (Wildman–Crippen LogP) is 0.578. The maximum absolute atomic E-state index is 10.2. The molecule has 0 aliphatic carbocycles. The highest BCUT2D eigenvalue weighted by molar-refractivity contribution is 5.34. The third-order valence-electron chi connectivity index (χ3n) is 1.38. The van der Waals surface area contributed by atoms with E-state index in [4.69, 9.17) is 10.2 Å². The summed E-state index contributed by atoms with van der Waals surface area (Å²) in [4.78, 5) is 9.63. The lowest BCUT2D eigenvalue weighted by atomic mass is 10.2. The molecule has 0 unspecified atom stereocenters. The second-order valence-electron chi connectivity index (χ2n) is 2.23. The fourth-order valence-electron chi connectivity index (χ4n) is 0.799. The summed E-state index contributed by atoms with van der Waals surface area (Å²) in [7, 11) is 0. The van der Waals surface area contributed by atoms with Crippen molar-refractivity contribution in [3.8, 4) is 0 Å². The van der Waals surface area contributed by atoms with Crippen LogP contribution in [0.3, 0.4) is 0 Å². The van der Waals surface area contributed by atoms with Gasteiger partial charge < -0.3 is 10.2 Å². The lowest BCUT2D eigenvalue weighted by Gasteiger charge is -2.01. The number of rotatable bonds is 2. The van der Waals surface area contributed by atoms with E-state index in [1.165, 1.54) is 18.2 Å². The lowest BCUT2D eigenvalue weighted by molar-refractivity contribution is -0.385. The maximum atomic E-state index is 10.2. The Labute approximate surface area is 68.0 Å². The predicted molar refractivity (Wildman–Crippen MR) is 40.3 cm³/mol. The molecular formula is C7H7NO4. The van der Waals surface area contributed by atoms with Crippen LogP contribution in [-0.4, -0.2) is 15.1 Å². The third-order valence-corrected chi connectivity index (χ3v) is 1.38. The molecule has 0 fully saturated rings. The van der Waals surface area contributed by atoms with Crippen molar-refractivity contribution in [3.63, 3.8) is 0 Å². The molecular weight excluding hydrogens is 162 g/mol. The van der Waals surface area contributed by atoms with Gasteiger partial charge in [0, 0.05) is 17.7 Å². The van der Waals surface area contributed by atoms with E-state index in [2.05, 4.69) is 0 Å². The number of nitro benzene ring substituents is 1. The zero-order valence-electron chi connectivity index (χ0n) is 6.04. The van der Waals surface area contributed by atoms with E-state index >= 15 is 0 Å². The van der Waals surface area contributed by atoms with Crippen LogP contribution in [0.2, 0.25) is 0 Å². The van der Waals surface area contributed by atoms with Gasteiger partial charge >= 0.3 is 0 Å². The van der Waals surface area contributed by atoms with E-state index in [-0.39, 0.29) is 11.3 Å². The van der Waals surface area contributed by atoms with Crippen molar-refractivity contribution in [2.45, 2.75) is 6.29 Å². The summed E-state index contributed by atoms with van der Waals surface area (Å²) < 4.78 is 0. The van der Waals surface area contributed by atoms with Crippen LogP contribution in [0.5, 0.6) is 0 Å². The molecule has 1 aromatic carbocycles. The second-order valence-corrected chi connectivity index (χ2v) is 2.23. The monoisotopic (exact) mass is 169 g/mol. The molecule has 1 aromatic rings. The smallest absolute Gasteiger partial charge is 0.269 e. The van der Waals surface area contributed by atoms with Gasteiger partial charge in [-0.3, -0.25) is 10.1 Å². The van der Waals surface area contributed by atoms with Crippen LogP contribution in [0.25, 0.3) is 0 Å². The average molecular weight is 169 g/mol. The molecule has 0 saturated heterocycles. The Kier molecular flexibility index (Phi) is 2.37. The minimum Gasteiger partial charge on any atom is -0.364 e. The number of non-ortho nitro benzene ring substituents is 1. The first-order chi connectivity index (χ1) is 5.61. The first-order valence-electron chi connectivity index (χ1n) is 3.22. The summed E-state index contributed by atoms with van der Waals surface area (Å²) >= 11 is 0. The van der Waals surface area contributed by atoms with E-state index < -0.39 is 11.2 Å². The first-order valence-corrected chi connectivity index (χ1v) is 3.22. The van der Waals surface area contributed by atoms with Gasteiger partial charge in [-0.05, 0) is 0 Å². The Bertz CT molecular complexity index is 297.